The predicted octanol–water partition coefficient (Wildman–Crippen LogP) is 5.72. The van der Waals surface area contributed by atoms with E-state index in [2.05, 4.69) is 20.9 Å². The van der Waals surface area contributed by atoms with Crippen LogP contribution < -0.4 is 9.47 Å². The number of aromatic nitrogens is 1. The van der Waals surface area contributed by atoms with Gasteiger partial charge in [0.25, 0.3) is 0 Å². The highest BCUT2D eigenvalue weighted by Crippen LogP contribution is 2.40. The Labute approximate surface area is 172 Å². The molecule has 0 spiro atoms. The highest BCUT2D eigenvalue weighted by molar-refractivity contribution is 9.10. The summed E-state index contributed by atoms with van der Waals surface area (Å²) in [5, 5.41) is 10.8. The number of fused-ring (bicyclic) bond motifs is 2. The van der Waals surface area contributed by atoms with Gasteiger partial charge in [-0.05, 0) is 48.6 Å². The molecule has 0 amide bonds. The molecule has 1 aromatic heterocycles. The number of thiazole rings is 1. The smallest absolute Gasteiger partial charge is 0.231 e. The molecule has 5 nitrogen and oxygen atoms in total. The molecule has 2 aliphatic heterocycles. The van der Waals surface area contributed by atoms with Crippen LogP contribution in [0.15, 0.2) is 45.9 Å². The Bertz CT molecular complexity index is 1210. The van der Waals surface area contributed by atoms with Gasteiger partial charge in [0.05, 0.1) is 16.3 Å². The van der Waals surface area contributed by atoms with Gasteiger partial charge in [0.2, 0.25) is 12.7 Å². The number of rotatable bonds is 2. The summed E-state index contributed by atoms with van der Waals surface area (Å²) in [6, 6.07) is 11.4. The van der Waals surface area contributed by atoms with Crippen LogP contribution in [0.4, 0.5) is 5.69 Å². The van der Waals surface area contributed by atoms with Crippen LogP contribution in [0, 0.1) is 3.95 Å². The molecule has 2 aliphatic rings. The zero-order chi connectivity index (χ0) is 18.5. The first-order valence-corrected chi connectivity index (χ1v) is 10.0. The number of benzene rings is 2. The maximum Gasteiger partial charge on any atom is 0.231 e. The van der Waals surface area contributed by atoms with Crippen LogP contribution in [0.2, 0.25) is 0 Å². The molecule has 0 bridgehead atoms. The number of hydrogen-bond donors (Lipinski definition) is 1. The highest BCUT2D eigenvalue weighted by Gasteiger charge is 2.19. The fourth-order valence-corrected chi connectivity index (χ4v) is 4.71. The Morgan fingerprint density at radius 2 is 2.04 bits per heavy atom. The summed E-state index contributed by atoms with van der Waals surface area (Å²) in [5.41, 5.74) is 3.57. The second kappa shape index (κ2) is 6.33. The number of nitrogens with zero attached hydrogens (tertiary/aromatic N) is 2. The minimum absolute atomic E-state index is 0.0909. The molecule has 0 fully saturated rings. The third kappa shape index (κ3) is 2.80. The van der Waals surface area contributed by atoms with Crippen molar-refractivity contribution in [2.24, 2.45) is 4.99 Å². The summed E-state index contributed by atoms with van der Waals surface area (Å²) >= 11 is 10.3. The molecule has 0 atom stereocenters. The molecule has 0 saturated heterocycles. The Morgan fingerprint density at radius 3 is 2.93 bits per heavy atom. The van der Waals surface area contributed by atoms with Crippen LogP contribution in [0.1, 0.15) is 10.4 Å². The minimum Gasteiger partial charge on any atom is -0.493 e. The van der Waals surface area contributed by atoms with Crippen molar-refractivity contribution < 1.29 is 14.6 Å². The lowest BCUT2D eigenvalue weighted by atomic mass is 10.1. The van der Waals surface area contributed by atoms with E-state index in [9.17, 15) is 5.11 Å². The van der Waals surface area contributed by atoms with Gasteiger partial charge in [0.15, 0.2) is 15.5 Å². The molecule has 3 aromatic rings. The topological polar surface area (TPSA) is 56.0 Å². The summed E-state index contributed by atoms with van der Waals surface area (Å²) < 4.78 is 13.9. The summed E-state index contributed by atoms with van der Waals surface area (Å²) in [6.45, 7) is 0.200. The summed E-state index contributed by atoms with van der Waals surface area (Å²) in [7, 11) is 0. The lowest BCUT2D eigenvalue weighted by Crippen LogP contribution is -1.94. The van der Waals surface area contributed by atoms with Crippen LogP contribution in [-0.2, 0) is 0 Å². The van der Waals surface area contributed by atoms with E-state index in [1.54, 1.807) is 10.8 Å². The van der Waals surface area contributed by atoms with Crippen LogP contribution in [0.25, 0.3) is 17.3 Å². The Hall–Kier alpha value is -2.42. The molecule has 0 aliphatic carbocycles. The largest absolute Gasteiger partial charge is 0.493 e. The lowest BCUT2D eigenvalue weighted by Gasteiger charge is -2.06. The van der Waals surface area contributed by atoms with Gasteiger partial charge < -0.3 is 14.6 Å². The van der Waals surface area contributed by atoms with E-state index in [-0.39, 0.29) is 12.7 Å². The molecule has 134 valence electrons. The third-order valence-corrected chi connectivity index (χ3v) is 6.13. The van der Waals surface area contributed by atoms with Crippen molar-refractivity contribution in [3.8, 4) is 23.1 Å². The van der Waals surface area contributed by atoms with Crippen LogP contribution in [0.5, 0.6) is 17.4 Å². The van der Waals surface area contributed by atoms with Crippen LogP contribution in [-0.4, -0.2) is 22.7 Å². The van der Waals surface area contributed by atoms with E-state index in [4.69, 9.17) is 21.7 Å². The summed E-state index contributed by atoms with van der Waals surface area (Å²) in [5.74, 6) is 1.42. The second-order valence-electron chi connectivity index (χ2n) is 5.95. The van der Waals surface area contributed by atoms with Crippen molar-refractivity contribution in [2.75, 3.05) is 6.79 Å². The monoisotopic (exact) mass is 458 g/mol. The van der Waals surface area contributed by atoms with Gasteiger partial charge in [-0.3, -0.25) is 9.56 Å². The molecule has 27 heavy (non-hydrogen) atoms. The zero-order valence-corrected chi connectivity index (χ0v) is 16.9. The molecule has 0 radical (unpaired) electrons. The van der Waals surface area contributed by atoms with E-state index in [0.717, 1.165) is 27.0 Å². The van der Waals surface area contributed by atoms with E-state index in [0.29, 0.717) is 20.3 Å². The molecule has 5 rings (SSSR count). The standard InChI is InChI=1S/C19H11BrN2O3S2/c20-11-1-3-14-13(6-11)10(8-21-14)5-17-18(23)22(19(26)27-17)12-2-4-15-16(7-12)25-9-24-15/h1-8,23H,9H2. The van der Waals surface area contributed by atoms with Crippen LogP contribution >= 0.6 is 39.5 Å². The SMILES string of the molecule is Oc1c(C=C2C=Nc3ccc(Br)cc32)sc(=S)n1-c1ccc2c(c1)OCO2. The van der Waals surface area contributed by atoms with Gasteiger partial charge in [-0.1, -0.05) is 15.9 Å². The van der Waals surface area contributed by atoms with Crippen molar-refractivity contribution in [1.29, 1.82) is 0 Å². The second-order valence-corrected chi connectivity index (χ2v) is 8.54. The molecule has 2 aromatic carbocycles. The van der Waals surface area contributed by atoms with Gasteiger partial charge >= 0.3 is 0 Å². The van der Waals surface area contributed by atoms with Crippen molar-refractivity contribution >= 4 is 63.0 Å². The average molecular weight is 459 g/mol. The molecular weight excluding hydrogens is 448 g/mol. The fraction of sp³-hybridized carbons (Fsp3) is 0.0526. The number of allylic oxidation sites excluding steroid dienone is 1. The van der Waals surface area contributed by atoms with Gasteiger partial charge in [-0.15, -0.1) is 11.3 Å². The Morgan fingerprint density at radius 1 is 1.19 bits per heavy atom. The summed E-state index contributed by atoms with van der Waals surface area (Å²) in [4.78, 5) is 5.09. The number of halogens is 1. The van der Waals surface area contributed by atoms with Crippen molar-refractivity contribution in [2.45, 2.75) is 0 Å². The molecule has 3 heterocycles. The van der Waals surface area contributed by atoms with Gasteiger partial charge in [-0.25, -0.2) is 0 Å². The summed E-state index contributed by atoms with van der Waals surface area (Å²) in [6.07, 6.45) is 3.70. The van der Waals surface area contributed by atoms with Crippen molar-refractivity contribution in [3.05, 3.63) is 55.3 Å². The Balaban J connectivity index is 1.59. The molecular formula is C19H11BrN2O3S2. The first-order valence-electron chi connectivity index (χ1n) is 8.01. The van der Waals surface area contributed by atoms with Gasteiger partial charge in [-0.2, -0.15) is 0 Å². The average Bonchev–Trinajstić information content (AvgIpc) is 3.33. The van der Waals surface area contributed by atoms with Crippen molar-refractivity contribution in [3.63, 3.8) is 0 Å². The van der Waals surface area contributed by atoms with Gasteiger partial charge in [0.1, 0.15) is 0 Å². The number of aromatic hydroxyl groups is 1. The molecule has 0 unspecified atom stereocenters. The number of aliphatic imine (C=N–C) groups is 1. The zero-order valence-electron chi connectivity index (χ0n) is 13.7. The predicted molar refractivity (Wildman–Crippen MR) is 112 cm³/mol. The molecule has 8 heteroatoms. The highest BCUT2D eigenvalue weighted by atomic mass is 79.9. The first-order chi connectivity index (χ1) is 13.1. The first kappa shape index (κ1) is 16.7. The van der Waals surface area contributed by atoms with Gasteiger partial charge in [0, 0.05) is 27.9 Å². The molecule has 0 saturated carbocycles. The number of hydrogen-bond acceptors (Lipinski definition) is 6. The quantitative estimate of drug-likeness (QED) is 0.498. The minimum atomic E-state index is 0.0909. The van der Waals surface area contributed by atoms with Crippen molar-refractivity contribution in [1.82, 2.24) is 4.57 Å². The maximum absolute atomic E-state index is 10.8. The Kier molecular flexibility index (Phi) is 3.92. The molecule has 1 N–H and O–H groups in total. The maximum atomic E-state index is 10.8. The number of ether oxygens (including phenoxy) is 2. The van der Waals surface area contributed by atoms with Crippen LogP contribution in [0.3, 0.4) is 0 Å². The van der Waals surface area contributed by atoms with E-state index in [1.807, 2.05) is 42.5 Å². The fourth-order valence-electron chi connectivity index (χ4n) is 3.04. The van der Waals surface area contributed by atoms with E-state index in [1.165, 1.54) is 11.3 Å². The normalized spacial score (nSPS) is 15.5. The van der Waals surface area contributed by atoms with E-state index < -0.39 is 0 Å². The van der Waals surface area contributed by atoms with E-state index >= 15 is 0 Å². The lowest BCUT2D eigenvalue weighted by molar-refractivity contribution is 0.174. The third-order valence-electron chi connectivity index (χ3n) is 4.33.